The fourth-order valence-corrected chi connectivity index (χ4v) is 4.84. The third-order valence-electron chi connectivity index (χ3n) is 7.06. The summed E-state index contributed by atoms with van der Waals surface area (Å²) in [6, 6.07) is 11.6. The number of carbonyl (C=O) groups excluding carboxylic acids is 2. The number of hydrogen-bond acceptors (Lipinski definition) is 5. The van der Waals surface area contributed by atoms with E-state index in [1.807, 2.05) is 0 Å². The van der Waals surface area contributed by atoms with Gasteiger partial charge in [-0.15, -0.1) is 0 Å². The van der Waals surface area contributed by atoms with Gasteiger partial charge in [-0.25, -0.2) is 8.78 Å². The molecule has 2 amide bonds. The monoisotopic (exact) mass is 514 g/mol. The first-order chi connectivity index (χ1) is 17.9. The van der Waals surface area contributed by atoms with E-state index in [1.54, 1.807) is 29.2 Å². The van der Waals surface area contributed by atoms with Crippen molar-refractivity contribution in [3.05, 3.63) is 71.3 Å². The number of nitrogens with one attached hydrogen (secondary N) is 3. The van der Waals surface area contributed by atoms with Gasteiger partial charge < -0.3 is 25.6 Å². The molecule has 2 heterocycles. The number of ether oxygens (including phenoxy) is 1. The molecule has 3 N–H and O–H groups in total. The molecular formula is C28H36F2N4O3. The van der Waals surface area contributed by atoms with Gasteiger partial charge in [-0.2, -0.15) is 0 Å². The summed E-state index contributed by atoms with van der Waals surface area (Å²) in [5.41, 5.74) is 0.876. The van der Waals surface area contributed by atoms with E-state index in [0.717, 1.165) is 37.2 Å². The molecule has 0 bridgehead atoms. The van der Waals surface area contributed by atoms with E-state index in [9.17, 15) is 18.4 Å². The third kappa shape index (κ3) is 7.12. The van der Waals surface area contributed by atoms with Crippen LogP contribution in [0.25, 0.3) is 0 Å². The number of unbranched alkanes of at least 4 members (excludes halogenated alkanes) is 1. The maximum absolute atomic E-state index is 13.6. The minimum Gasteiger partial charge on any atom is -0.367 e. The van der Waals surface area contributed by atoms with Crippen molar-refractivity contribution < 1.29 is 23.1 Å². The zero-order valence-corrected chi connectivity index (χ0v) is 21.3. The zero-order chi connectivity index (χ0) is 26.3. The van der Waals surface area contributed by atoms with Crippen LogP contribution < -0.4 is 16.0 Å². The largest absolute Gasteiger partial charge is 0.367 e. The number of carbonyl (C=O) groups is 2. The highest BCUT2D eigenvalue weighted by atomic mass is 19.1. The van der Waals surface area contributed by atoms with Crippen molar-refractivity contribution in [2.24, 2.45) is 0 Å². The number of benzene rings is 2. The summed E-state index contributed by atoms with van der Waals surface area (Å²) in [6.07, 6.45) is 3.07. The molecule has 37 heavy (non-hydrogen) atoms. The van der Waals surface area contributed by atoms with E-state index in [1.165, 1.54) is 24.3 Å². The minimum atomic E-state index is -0.783. The SMILES string of the molecule is CCCCOC1(c2ccc(F)cc2)CN(C(=O)[C@@H](Cc2ccc(F)cc2)NC(=O)CCC2CNCN2)C1. The van der Waals surface area contributed by atoms with Crippen molar-refractivity contribution >= 4 is 11.8 Å². The summed E-state index contributed by atoms with van der Waals surface area (Å²) in [7, 11) is 0. The molecule has 2 aliphatic rings. The number of hydrogen-bond donors (Lipinski definition) is 3. The molecule has 7 nitrogen and oxygen atoms in total. The van der Waals surface area contributed by atoms with Crippen LogP contribution in [-0.4, -0.2) is 61.7 Å². The molecule has 2 aliphatic heterocycles. The van der Waals surface area contributed by atoms with Gasteiger partial charge in [0, 0.05) is 38.7 Å². The molecule has 0 spiro atoms. The topological polar surface area (TPSA) is 82.7 Å². The fraction of sp³-hybridized carbons (Fsp3) is 0.500. The van der Waals surface area contributed by atoms with Gasteiger partial charge in [0.1, 0.15) is 23.3 Å². The highest BCUT2D eigenvalue weighted by molar-refractivity contribution is 5.88. The Kier molecular flexibility index (Phi) is 9.23. The van der Waals surface area contributed by atoms with Crippen LogP contribution in [0.1, 0.15) is 43.7 Å². The Morgan fingerprint density at radius 1 is 1.11 bits per heavy atom. The van der Waals surface area contributed by atoms with Gasteiger partial charge >= 0.3 is 0 Å². The first-order valence-electron chi connectivity index (χ1n) is 13.1. The molecule has 9 heteroatoms. The molecule has 2 saturated heterocycles. The van der Waals surface area contributed by atoms with Crippen LogP contribution in [-0.2, 0) is 26.3 Å². The highest BCUT2D eigenvalue weighted by Crippen LogP contribution is 2.37. The van der Waals surface area contributed by atoms with Gasteiger partial charge in [-0.05, 0) is 48.2 Å². The second-order valence-electron chi connectivity index (χ2n) is 9.92. The Balaban J connectivity index is 1.44. The molecule has 2 fully saturated rings. The first kappa shape index (κ1) is 27.2. The lowest BCUT2D eigenvalue weighted by Gasteiger charge is -2.51. The van der Waals surface area contributed by atoms with Crippen LogP contribution in [0.4, 0.5) is 8.78 Å². The molecule has 200 valence electrons. The Morgan fingerprint density at radius 3 is 2.41 bits per heavy atom. The third-order valence-corrected chi connectivity index (χ3v) is 7.06. The average molecular weight is 515 g/mol. The molecule has 0 aliphatic carbocycles. The van der Waals surface area contributed by atoms with Crippen molar-refractivity contribution in [3.63, 3.8) is 0 Å². The Labute approximate surface area is 216 Å². The molecule has 1 unspecified atom stereocenters. The molecule has 2 aromatic carbocycles. The molecular weight excluding hydrogens is 478 g/mol. The van der Waals surface area contributed by atoms with Crippen LogP contribution in [0.5, 0.6) is 0 Å². The molecule has 0 saturated carbocycles. The van der Waals surface area contributed by atoms with E-state index in [4.69, 9.17) is 4.74 Å². The smallest absolute Gasteiger partial charge is 0.245 e. The van der Waals surface area contributed by atoms with Crippen LogP contribution in [0.2, 0.25) is 0 Å². The summed E-state index contributed by atoms with van der Waals surface area (Å²) in [6.45, 7) is 4.77. The van der Waals surface area contributed by atoms with Crippen molar-refractivity contribution in [2.75, 3.05) is 32.9 Å². The Morgan fingerprint density at radius 2 is 1.78 bits per heavy atom. The summed E-state index contributed by atoms with van der Waals surface area (Å²) in [5, 5.41) is 9.39. The van der Waals surface area contributed by atoms with E-state index < -0.39 is 11.6 Å². The van der Waals surface area contributed by atoms with E-state index >= 15 is 0 Å². The number of rotatable bonds is 12. The average Bonchev–Trinajstić information content (AvgIpc) is 3.39. The van der Waals surface area contributed by atoms with Gasteiger partial charge in [0.2, 0.25) is 11.8 Å². The maximum Gasteiger partial charge on any atom is 0.245 e. The normalized spacial score (nSPS) is 19.3. The lowest BCUT2D eigenvalue weighted by Crippen LogP contribution is -2.66. The van der Waals surface area contributed by atoms with Crippen molar-refractivity contribution in [1.82, 2.24) is 20.9 Å². The van der Waals surface area contributed by atoms with Crippen LogP contribution in [0.15, 0.2) is 48.5 Å². The minimum absolute atomic E-state index is 0.196. The molecule has 4 rings (SSSR count). The predicted octanol–water partition coefficient (Wildman–Crippen LogP) is 2.85. The molecule has 2 atom stereocenters. The lowest BCUT2D eigenvalue weighted by molar-refractivity contribution is -0.175. The maximum atomic E-state index is 13.6. The highest BCUT2D eigenvalue weighted by Gasteiger charge is 2.49. The standard InChI is InChI=1S/C28H36F2N4O3/c1-2-3-14-37-28(21-6-10-23(30)11-7-21)17-34(18-28)27(36)25(15-20-4-8-22(29)9-5-20)33-26(35)13-12-24-16-31-19-32-24/h4-11,24-25,31-32H,2-3,12-19H2,1H3,(H,33,35)/t24?,25-/m1/s1. The van der Waals surface area contributed by atoms with E-state index in [2.05, 4.69) is 22.9 Å². The second-order valence-corrected chi connectivity index (χ2v) is 9.92. The summed E-state index contributed by atoms with van der Waals surface area (Å²) >= 11 is 0. The second kappa shape index (κ2) is 12.6. The Bertz CT molecular complexity index is 1040. The van der Waals surface area contributed by atoms with E-state index in [-0.39, 0.29) is 35.9 Å². The van der Waals surface area contributed by atoms with Crippen molar-refractivity contribution in [3.8, 4) is 0 Å². The molecule has 2 aromatic rings. The number of likely N-dealkylation sites (tertiary alicyclic amines) is 1. The fourth-order valence-electron chi connectivity index (χ4n) is 4.84. The van der Waals surface area contributed by atoms with Gasteiger partial charge in [0.25, 0.3) is 0 Å². The summed E-state index contributed by atoms with van der Waals surface area (Å²) in [5.74, 6) is -1.09. The van der Waals surface area contributed by atoms with Crippen molar-refractivity contribution in [2.45, 2.75) is 56.7 Å². The van der Waals surface area contributed by atoms with E-state index in [0.29, 0.717) is 32.5 Å². The van der Waals surface area contributed by atoms with Crippen LogP contribution in [0, 0.1) is 11.6 Å². The number of amides is 2. The van der Waals surface area contributed by atoms with Crippen LogP contribution in [0.3, 0.4) is 0 Å². The molecule has 0 radical (unpaired) electrons. The lowest BCUT2D eigenvalue weighted by atomic mass is 9.84. The van der Waals surface area contributed by atoms with Gasteiger partial charge in [-0.1, -0.05) is 37.6 Å². The first-order valence-corrected chi connectivity index (χ1v) is 13.1. The Hall–Kier alpha value is -2.88. The zero-order valence-electron chi connectivity index (χ0n) is 21.3. The summed E-state index contributed by atoms with van der Waals surface area (Å²) < 4.78 is 33.2. The number of halogens is 2. The van der Waals surface area contributed by atoms with Gasteiger partial charge in [-0.3, -0.25) is 9.59 Å². The quantitative estimate of drug-likeness (QED) is 0.380. The van der Waals surface area contributed by atoms with Gasteiger partial charge in [0.05, 0.1) is 13.1 Å². The predicted molar refractivity (Wildman–Crippen MR) is 137 cm³/mol. The van der Waals surface area contributed by atoms with Crippen LogP contribution >= 0.6 is 0 Å². The van der Waals surface area contributed by atoms with Gasteiger partial charge in [0.15, 0.2) is 0 Å². The van der Waals surface area contributed by atoms with Crippen molar-refractivity contribution in [1.29, 1.82) is 0 Å². The number of nitrogens with zero attached hydrogens (tertiary/aromatic N) is 1. The summed E-state index contributed by atoms with van der Waals surface area (Å²) in [4.78, 5) is 28.1. The molecule has 0 aromatic heterocycles.